The molecular formula is C19H19IN4O. The number of halogens is 1. The van der Waals surface area contributed by atoms with E-state index in [0.717, 1.165) is 31.4 Å². The van der Waals surface area contributed by atoms with Gasteiger partial charge < -0.3 is 9.88 Å². The summed E-state index contributed by atoms with van der Waals surface area (Å²) in [7, 11) is 2.03. The summed E-state index contributed by atoms with van der Waals surface area (Å²) in [6.07, 6.45) is 1.71. The van der Waals surface area contributed by atoms with Crippen LogP contribution in [-0.4, -0.2) is 23.2 Å². The molecule has 3 rings (SSSR count). The van der Waals surface area contributed by atoms with Crippen LogP contribution in [0.1, 0.15) is 11.3 Å². The average Bonchev–Trinajstić information content (AvgIpc) is 2.86. The maximum atomic E-state index is 11.9. The molecule has 6 heteroatoms. The Hall–Kier alpha value is -2.35. The highest BCUT2D eigenvalue weighted by Gasteiger charge is 2.09. The minimum Gasteiger partial charge on any atom is -0.376 e. The molecule has 0 atom stereocenters. The Balaban J connectivity index is 1.62. The highest BCUT2D eigenvalue weighted by atomic mass is 127. The summed E-state index contributed by atoms with van der Waals surface area (Å²) < 4.78 is 3.28. The number of carbonyl (C=O) groups is 1. The van der Waals surface area contributed by atoms with E-state index < -0.39 is 0 Å². The van der Waals surface area contributed by atoms with E-state index in [1.54, 1.807) is 6.21 Å². The Morgan fingerprint density at radius 2 is 1.92 bits per heavy atom. The van der Waals surface area contributed by atoms with Crippen molar-refractivity contribution in [3.63, 3.8) is 0 Å². The van der Waals surface area contributed by atoms with Gasteiger partial charge in [-0.25, -0.2) is 5.43 Å². The van der Waals surface area contributed by atoms with Gasteiger partial charge in [-0.2, -0.15) is 5.10 Å². The van der Waals surface area contributed by atoms with E-state index in [0.29, 0.717) is 0 Å². The first-order chi connectivity index (χ1) is 12.1. The molecule has 25 heavy (non-hydrogen) atoms. The summed E-state index contributed by atoms with van der Waals surface area (Å²) in [4.78, 5) is 11.9. The van der Waals surface area contributed by atoms with Crippen molar-refractivity contribution in [3.8, 4) is 0 Å². The molecule has 0 saturated carbocycles. The number of rotatable bonds is 5. The number of aromatic nitrogens is 1. The van der Waals surface area contributed by atoms with E-state index in [1.165, 1.54) is 0 Å². The van der Waals surface area contributed by atoms with Crippen molar-refractivity contribution < 1.29 is 4.79 Å². The highest BCUT2D eigenvalue weighted by Crippen LogP contribution is 2.22. The fourth-order valence-corrected chi connectivity index (χ4v) is 3.03. The van der Waals surface area contributed by atoms with Crippen LogP contribution in [0, 0.1) is 10.5 Å². The predicted molar refractivity (Wildman–Crippen MR) is 111 cm³/mol. The van der Waals surface area contributed by atoms with Gasteiger partial charge in [0.15, 0.2) is 0 Å². The number of nitrogens with one attached hydrogen (secondary N) is 2. The molecule has 0 radical (unpaired) electrons. The number of fused-ring (bicyclic) bond motifs is 1. The van der Waals surface area contributed by atoms with Crippen molar-refractivity contribution in [2.75, 3.05) is 11.9 Å². The van der Waals surface area contributed by atoms with Gasteiger partial charge >= 0.3 is 0 Å². The minimum absolute atomic E-state index is 0.173. The smallest absolute Gasteiger partial charge is 0.259 e. The monoisotopic (exact) mass is 446 g/mol. The Labute approximate surface area is 160 Å². The van der Waals surface area contributed by atoms with Gasteiger partial charge in [0.25, 0.3) is 5.91 Å². The third-order valence-corrected chi connectivity index (χ3v) is 4.85. The number of para-hydroxylation sites is 1. The summed E-state index contributed by atoms with van der Waals surface area (Å²) >= 11 is 2.24. The number of aryl methyl sites for hydroxylation is 1. The number of carbonyl (C=O) groups excluding carboxylic acids is 1. The molecule has 5 nitrogen and oxygen atoms in total. The largest absolute Gasteiger partial charge is 0.376 e. The second-order valence-electron chi connectivity index (χ2n) is 5.73. The van der Waals surface area contributed by atoms with Crippen molar-refractivity contribution in [3.05, 3.63) is 63.4 Å². The Morgan fingerprint density at radius 3 is 2.68 bits per heavy atom. The van der Waals surface area contributed by atoms with Crippen LogP contribution in [0.15, 0.2) is 53.6 Å². The highest BCUT2D eigenvalue weighted by molar-refractivity contribution is 14.1. The lowest BCUT2D eigenvalue weighted by atomic mass is 10.1. The van der Waals surface area contributed by atoms with Gasteiger partial charge in [-0.05, 0) is 59.8 Å². The molecule has 0 saturated heterocycles. The van der Waals surface area contributed by atoms with Crippen LogP contribution in [-0.2, 0) is 11.8 Å². The minimum atomic E-state index is -0.187. The van der Waals surface area contributed by atoms with Crippen LogP contribution in [0.25, 0.3) is 10.9 Å². The fourth-order valence-electron chi connectivity index (χ4n) is 2.67. The van der Waals surface area contributed by atoms with Gasteiger partial charge in [0.05, 0.1) is 12.8 Å². The lowest BCUT2D eigenvalue weighted by molar-refractivity contribution is -0.119. The SMILES string of the molecule is Cc1c(/C=N\NC(=O)CNc2ccc(I)cc2)c2ccccc2n1C. The zero-order valence-corrected chi connectivity index (χ0v) is 16.2. The number of anilines is 1. The van der Waals surface area contributed by atoms with Crippen LogP contribution in [0.2, 0.25) is 0 Å². The standard InChI is InChI=1S/C19H19IN4O/c1-13-17(16-5-3-4-6-18(16)24(13)2)11-22-23-19(25)12-21-15-9-7-14(20)8-10-15/h3-11,21H,12H2,1-2H3,(H,23,25)/b22-11-. The molecule has 128 valence electrons. The fraction of sp³-hybridized carbons (Fsp3) is 0.158. The first kappa shape index (κ1) is 17.5. The first-order valence-electron chi connectivity index (χ1n) is 7.91. The van der Waals surface area contributed by atoms with E-state index >= 15 is 0 Å². The molecule has 1 aromatic heterocycles. The Morgan fingerprint density at radius 1 is 1.20 bits per heavy atom. The van der Waals surface area contributed by atoms with Crippen molar-refractivity contribution in [2.45, 2.75) is 6.92 Å². The maximum Gasteiger partial charge on any atom is 0.259 e. The van der Waals surface area contributed by atoms with Crippen LogP contribution in [0.5, 0.6) is 0 Å². The van der Waals surface area contributed by atoms with E-state index in [1.807, 2.05) is 50.4 Å². The summed E-state index contributed by atoms with van der Waals surface area (Å²) in [5.74, 6) is -0.187. The number of benzene rings is 2. The summed E-state index contributed by atoms with van der Waals surface area (Å²) in [6.45, 7) is 2.22. The van der Waals surface area contributed by atoms with Crippen molar-refractivity contribution in [2.24, 2.45) is 12.1 Å². The number of hydrogen-bond acceptors (Lipinski definition) is 3. The molecule has 0 unspecified atom stereocenters. The molecule has 3 aromatic rings. The lowest BCUT2D eigenvalue weighted by Gasteiger charge is -2.05. The summed E-state index contributed by atoms with van der Waals surface area (Å²) in [5, 5.41) is 8.31. The zero-order chi connectivity index (χ0) is 17.8. The van der Waals surface area contributed by atoms with Gasteiger partial charge in [-0.1, -0.05) is 18.2 Å². The van der Waals surface area contributed by atoms with E-state index in [-0.39, 0.29) is 12.5 Å². The van der Waals surface area contributed by atoms with Crippen molar-refractivity contribution in [1.29, 1.82) is 0 Å². The Kier molecular flexibility index (Phi) is 5.37. The predicted octanol–water partition coefficient (Wildman–Crippen LogP) is 3.65. The van der Waals surface area contributed by atoms with Crippen LogP contribution >= 0.6 is 22.6 Å². The number of hydrazone groups is 1. The molecule has 1 amide bonds. The van der Waals surface area contributed by atoms with Crippen LogP contribution < -0.4 is 10.7 Å². The van der Waals surface area contributed by atoms with E-state index in [4.69, 9.17) is 0 Å². The van der Waals surface area contributed by atoms with Gasteiger partial charge in [-0.15, -0.1) is 0 Å². The summed E-state index contributed by atoms with van der Waals surface area (Å²) in [5.41, 5.74) is 6.75. The molecular weight excluding hydrogens is 427 g/mol. The third-order valence-electron chi connectivity index (χ3n) is 4.13. The van der Waals surface area contributed by atoms with Gasteiger partial charge in [-0.3, -0.25) is 4.79 Å². The molecule has 1 heterocycles. The molecule has 0 aliphatic heterocycles. The molecule has 2 aromatic carbocycles. The number of amides is 1. The quantitative estimate of drug-likeness (QED) is 0.357. The first-order valence-corrected chi connectivity index (χ1v) is 8.99. The maximum absolute atomic E-state index is 11.9. The topological polar surface area (TPSA) is 58.4 Å². The van der Waals surface area contributed by atoms with Crippen molar-refractivity contribution >= 4 is 51.3 Å². The summed E-state index contributed by atoms with van der Waals surface area (Å²) in [6, 6.07) is 16.0. The number of nitrogens with zero attached hydrogens (tertiary/aromatic N) is 2. The lowest BCUT2D eigenvalue weighted by Crippen LogP contribution is -2.25. The average molecular weight is 446 g/mol. The zero-order valence-electron chi connectivity index (χ0n) is 14.1. The Bertz CT molecular complexity index is 928. The van der Waals surface area contributed by atoms with Gasteiger partial charge in [0.2, 0.25) is 0 Å². The normalized spacial score (nSPS) is 11.2. The number of hydrogen-bond donors (Lipinski definition) is 2. The molecule has 0 aliphatic carbocycles. The van der Waals surface area contributed by atoms with Gasteiger partial charge in [0, 0.05) is 38.5 Å². The van der Waals surface area contributed by atoms with Crippen molar-refractivity contribution in [1.82, 2.24) is 9.99 Å². The molecule has 0 bridgehead atoms. The second-order valence-corrected chi connectivity index (χ2v) is 6.97. The van der Waals surface area contributed by atoms with Crippen LogP contribution in [0.4, 0.5) is 5.69 Å². The van der Waals surface area contributed by atoms with E-state index in [9.17, 15) is 4.79 Å². The molecule has 2 N–H and O–H groups in total. The van der Waals surface area contributed by atoms with E-state index in [2.05, 4.69) is 55.1 Å². The van der Waals surface area contributed by atoms with Crippen LogP contribution in [0.3, 0.4) is 0 Å². The molecule has 0 fully saturated rings. The molecule has 0 spiro atoms. The van der Waals surface area contributed by atoms with Gasteiger partial charge in [0.1, 0.15) is 0 Å². The molecule has 0 aliphatic rings. The third kappa shape index (κ3) is 4.01. The second kappa shape index (κ2) is 7.69.